The van der Waals surface area contributed by atoms with Gasteiger partial charge in [0.05, 0.1) is 21.3 Å². The quantitative estimate of drug-likeness (QED) is 0.402. The van der Waals surface area contributed by atoms with E-state index in [0.29, 0.717) is 5.84 Å². The first-order valence-electron chi connectivity index (χ1n) is 6.99. The van der Waals surface area contributed by atoms with Gasteiger partial charge in [-0.05, 0) is 26.0 Å². The van der Waals surface area contributed by atoms with E-state index in [-0.39, 0.29) is 27.2 Å². The molecule has 0 fully saturated rings. The standard InChI is InChI=1S/C15H20Cl2F3N3/c1-8(2)21-13(14(3,4)5)23-22-12-10(16)6-9(7-11(12)17)15(18,19)20/h6-8,22H,1-5H3,(H,21,23). The Balaban J connectivity index is 3.06. The fourth-order valence-electron chi connectivity index (χ4n) is 1.65. The van der Waals surface area contributed by atoms with Crippen LogP contribution in [0.3, 0.4) is 0 Å². The van der Waals surface area contributed by atoms with Crippen molar-refractivity contribution in [2.45, 2.75) is 46.8 Å². The average Bonchev–Trinajstić information content (AvgIpc) is 2.33. The Bertz CT molecular complexity index is 568. The van der Waals surface area contributed by atoms with Gasteiger partial charge in [0.25, 0.3) is 0 Å². The number of alkyl halides is 3. The average molecular weight is 370 g/mol. The van der Waals surface area contributed by atoms with Gasteiger partial charge in [0.1, 0.15) is 5.84 Å². The van der Waals surface area contributed by atoms with Crippen molar-refractivity contribution < 1.29 is 13.2 Å². The van der Waals surface area contributed by atoms with Crippen LogP contribution in [0.25, 0.3) is 0 Å². The van der Waals surface area contributed by atoms with Crippen LogP contribution >= 0.6 is 23.2 Å². The number of nitrogens with zero attached hydrogens (tertiary/aromatic N) is 1. The maximum atomic E-state index is 12.7. The molecule has 0 aliphatic rings. The van der Waals surface area contributed by atoms with E-state index in [2.05, 4.69) is 15.8 Å². The SMILES string of the molecule is CC(C)N=C(NNc1c(Cl)cc(C(F)(F)F)cc1Cl)C(C)(C)C. The molecule has 0 aromatic heterocycles. The molecule has 1 rings (SSSR count). The number of halogens is 5. The lowest BCUT2D eigenvalue weighted by Gasteiger charge is -2.25. The fourth-order valence-corrected chi connectivity index (χ4v) is 2.23. The second kappa shape index (κ2) is 7.18. The van der Waals surface area contributed by atoms with E-state index in [1.807, 2.05) is 34.6 Å². The second-order valence-electron chi connectivity index (χ2n) is 6.38. The highest BCUT2D eigenvalue weighted by atomic mass is 35.5. The van der Waals surface area contributed by atoms with Crippen molar-refractivity contribution in [2.24, 2.45) is 10.4 Å². The summed E-state index contributed by atoms with van der Waals surface area (Å²) in [5, 5.41) is -0.259. The Morgan fingerprint density at radius 3 is 1.91 bits per heavy atom. The first kappa shape index (κ1) is 19.9. The molecule has 1 aromatic rings. The van der Waals surface area contributed by atoms with Crippen molar-refractivity contribution in [1.29, 1.82) is 0 Å². The Labute approximate surface area is 144 Å². The van der Waals surface area contributed by atoms with Crippen LogP contribution in [0, 0.1) is 5.41 Å². The Kier molecular flexibility index (Phi) is 6.21. The number of hydrogen-bond acceptors (Lipinski definition) is 2. The molecule has 0 aliphatic carbocycles. The molecule has 0 amide bonds. The molecule has 8 heteroatoms. The van der Waals surface area contributed by atoms with Crippen molar-refractivity contribution in [1.82, 2.24) is 5.43 Å². The molecule has 0 saturated carbocycles. The van der Waals surface area contributed by atoms with E-state index in [1.165, 1.54) is 0 Å². The molecule has 0 saturated heterocycles. The monoisotopic (exact) mass is 369 g/mol. The van der Waals surface area contributed by atoms with Gasteiger partial charge < -0.3 is 0 Å². The number of amidine groups is 1. The largest absolute Gasteiger partial charge is 0.416 e. The van der Waals surface area contributed by atoms with Crippen LogP contribution in [0.5, 0.6) is 0 Å². The molecule has 0 unspecified atom stereocenters. The summed E-state index contributed by atoms with van der Waals surface area (Å²) >= 11 is 11.8. The summed E-state index contributed by atoms with van der Waals surface area (Å²) in [6.07, 6.45) is -4.51. The highest BCUT2D eigenvalue weighted by Gasteiger charge is 2.32. The van der Waals surface area contributed by atoms with Gasteiger partial charge in [0, 0.05) is 11.5 Å². The van der Waals surface area contributed by atoms with Crippen LogP contribution in [0.15, 0.2) is 17.1 Å². The van der Waals surface area contributed by atoms with E-state index >= 15 is 0 Å². The van der Waals surface area contributed by atoms with E-state index in [4.69, 9.17) is 23.2 Å². The zero-order valence-electron chi connectivity index (χ0n) is 13.6. The van der Waals surface area contributed by atoms with Gasteiger partial charge in [-0.2, -0.15) is 13.2 Å². The zero-order valence-corrected chi connectivity index (χ0v) is 15.1. The van der Waals surface area contributed by atoms with Crippen molar-refractivity contribution >= 4 is 34.7 Å². The van der Waals surface area contributed by atoms with Gasteiger partial charge in [0.2, 0.25) is 0 Å². The minimum atomic E-state index is -4.51. The highest BCUT2D eigenvalue weighted by Crippen LogP contribution is 2.38. The predicted molar refractivity (Wildman–Crippen MR) is 90.2 cm³/mol. The molecule has 0 atom stereocenters. The Morgan fingerprint density at radius 2 is 1.57 bits per heavy atom. The molecule has 0 radical (unpaired) electrons. The number of aliphatic imine (C=N–C) groups is 1. The first-order chi connectivity index (χ1) is 10.3. The highest BCUT2D eigenvalue weighted by molar-refractivity contribution is 6.39. The topological polar surface area (TPSA) is 36.4 Å². The van der Waals surface area contributed by atoms with Crippen LogP contribution in [-0.2, 0) is 6.18 Å². The summed E-state index contributed by atoms with van der Waals surface area (Å²) in [7, 11) is 0. The van der Waals surface area contributed by atoms with Gasteiger partial charge in [-0.1, -0.05) is 44.0 Å². The summed E-state index contributed by atoms with van der Waals surface area (Å²) in [6.45, 7) is 9.72. The number of hydrogen-bond donors (Lipinski definition) is 2. The summed E-state index contributed by atoms with van der Waals surface area (Å²) in [4.78, 5) is 4.46. The number of nitrogens with one attached hydrogen (secondary N) is 2. The van der Waals surface area contributed by atoms with Crippen LogP contribution < -0.4 is 10.9 Å². The number of anilines is 1. The maximum Gasteiger partial charge on any atom is 0.416 e. The van der Waals surface area contributed by atoms with E-state index < -0.39 is 11.7 Å². The summed E-state index contributed by atoms with van der Waals surface area (Å²) in [6, 6.07) is 1.71. The van der Waals surface area contributed by atoms with Crippen LogP contribution in [0.4, 0.5) is 18.9 Å². The third kappa shape index (κ3) is 5.77. The molecule has 3 nitrogen and oxygen atoms in total. The Morgan fingerprint density at radius 1 is 1.09 bits per heavy atom. The molecular formula is C15H20Cl2F3N3. The van der Waals surface area contributed by atoms with Crippen molar-refractivity contribution in [3.63, 3.8) is 0 Å². The Hall–Kier alpha value is -1.14. The third-order valence-electron chi connectivity index (χ3n) is 2.77. The lowest BCUT2D eigenvalue weighted by molar-refractivity contribution is -0.137. The second-order valence-corrected chi connectivity index (χ2v) is 7.20. The normalized spacial score (nSPS) is 13.4. The van der Waals surface area contributed by atoms with Crippen LogP contribution in [-0.4, -0.2) is 11.9 Å². The van der Waals surface area contributed by atoms with Gasteiger partial charge in [-0.3, -0.25) is 15.8 Å². The molecule has 23 heavy (non-hydrogen) atoms. The predicted octanol–water partition coefficient (Wildman–Crippen LogP) is 5.78. The van der Waals surface area contributed by atoms with Gasteiger partial charge in [-0.15, -0.1) is 0 Å². The van der Waals surface area contributed by atoms with Crippen LogP contribution in [0.1, 0.15) is 40.2 Å². The maximum absolute atomic E-state index is 12.7. The molecular weight excluding hydrogens is 350 g/mol. The van der Waals surface area contributed by atoms with Crippen molar-refractivity contribution in [2.75, 3.05) is 5.43 Å². The summed E-state index contributed by atoms with van der Waals surface area (Å²) in [5.74, 6) is 0.638. The molecule has 0 aliphatic heterocycles. The molecule has 2 N–H and O–H groups in total. The molecule has 0 heterocycles. The molecule has 130 valence electrons. The van der Waals surface area contributed by atoms with Gasteiger partial charge >= 0.3 is 6.18 Å². The van der Waals surface area contributed by atoms with E-state index in [1.54, 1.807) is 0 Å². The van der Waals surface area contributed by atoms with E-state index in [0.717, 1.165) is 12.1 Å². The summed E-state index contributed by atoms with van der Waals surface area (Å²) < 4.78 is 38.2. The van der Waals surface area contributed by atoms with E-state index in [9.17, 15) is 13.2 Å². The van der Waals surface area contributed by atoms with Crippen molar-refractivity contribution in [3.8, 4) is 0 Å². The zero-order chi connectivity index (χ0) is 18.0. The smallest absolute Gasteiger partial charge is 0.297 e. The lowest BCUT2D eigenvalue weighted by Crippen LogP contribution is -2.39. The number of hydrazine groups is 1. The molecule has 1 aromatic carbocycles. The number of rotatable bonds is 3. The first-order valence-corrected chi connectivity index (χ1v) is 7.74. The van der Waals surface area contributed by atoms with Gasteiger partial charge in [0.15, 0.2) is 0 Å². The van der Waals surface area contributed by atoms with Crippen molar-refractivity contribution in [3.05, 3.63) is 27.7 Å². The minimum Gasteiger partial charge on any atom is -0.297 e. The fraction of sp³-hybridized carbons (Fsp3) is 0.533. The minimum absolute atomic E-state index is 0.0528. The van der Waals surface area contributed by atoms with Crippen LogP contribution in [0.2, 0.25) is 10.0 Å². The lowest BCUT2D eigenvalue weighted by atomic mass is 9.95. The molecule has 0 spiro atoms. The number of benzene rings is 1. The molecule has 0 bridgehead atoms. The third-order valence-corrected chi connectivity index (χ3v) is 3.37. The van der Waals surface area contributed by atoms with Gasteiger partial charge in [-0.25, -0.2) is 0 Å². The summed E-state index contributed by atoms with van der Waals surface area (Å²) in [5.41, 5.74) is 4.64.